The van der Waals surface area contributed by atoms with Gasteiger partial charge in [-0.05, 0) is 55.2 Å². The smallest absolute Gasteiger partial charge is 0.407 e. The summed E-state index contributed by atoms with van der Waals surface area (Å²) in [5.41, 5.74) is 1.83. The molecule has 3 fully saturated rings. The third kappa shape index (κ3) is 3.98. The highest BCUT2D eigenvalue weighted by Crippen LogP contribution is 2.46. The highest BCUT2D eigenvalue weighted by molar-refractivity contribution is 6.05. The molecule has 2 aliphatic carbocycles. The summed E-state index contributed by atoms with van der Waals surface area (Å²) in [7, 11) is 0. The summed E-state index contributed by atoms with van der Waals surface area (Å²) in [6.07, 6.45) is 7.70. The average Bonchev–Trinajstić information content (AvgIpc) is 3.50. The highest BCUT2D eigenvalue weighted by Gasteiger charge is 2.47. The fourth-order valence-electron chi connectivity index (χ4n) is 5.24. The molecule has 0 spiro atoms. The van der Waals surface area contributed by atoms with Crippen molar-refractivity contribution in [2.24, 2.45) is 5.92 Å². The van der Waals surface area contributed by atoms with Crippen LogP contribution in [0.4, 0.5) is 4.79 Å². The number of fused-ring (bicyclic) bond motifs is 1. The maximum Gasteiger partial charge on any atom is 0.407 e. The van der Waals surface area contributed by atoms with Crippen molar-refractivity contribution in [3.05, 3.63) is 34.9 Å². The third-order valence-electron chi connectivity index (χ3n) is 7.35. The molecule has 0 radical (unpaired) electrons. The Bertz CT molecular complexity index is 964. The van der Waals surface area contributed by atoms with Gasteiger partial charge < -0.3 is 15.0 Å². The molecule has 1 atom stereocenters. The number of piperidine rings is 1. The summed E-state index contributed by atoms with van der Waals surface area (Å²) in [6, 6.07) is 5.08. The van der Waals surface area contributed by atoms with Crippen LogP contribution in [0.1, 0.15) is 79.3 Å². The van der Waals surface area contributed by atoms with Crippen molar-refractivity contribution >= 4 is 23.8 Å². The molecule has 4 amide bonds. The van der Waals surface area contributed by atoms with Gasteiger partial charge in [0, 0.05) is 18.5 Å². The number of carbonyl (C=O) groups excluding carboxylic acids is 4. The molecule has 1 saturated heterocycles. The molecule has 170 valence electrons. The average molecular weight is 440 g/mol. The van der Waals surface area contributed by atoms with Crippen molar-refractivity contribution in [3.8, 4) is 0 Å². The first-order valence-electron chi connectivity index (χ1n) is 11.7. The maximum absolute atomic E-state index is 13.1. The van der Waals surface area contributed by atoms with E-state index in [0.717, 1.165) is 36.8 Å². The predicted octanol–water partition coefficient (Wildman–Crippen LogP) is 2.74. The zero-order valence-corrected chi connectivity index (χ0v) is 18.2. The number of rotatable bonds is 5. The lowest BCUT2D eigenvalue weighted by atomic mass is 9.90. The lowest BCUT2D eigenvalue weighted by Gasteiger charge is -2.29. The van der Waals surface area contributed by atoms with Gasteiger partial charge in [-0.2, -0.15) is 0 Å². The summed E-state index contributed by atoms with van der Waals surface area (Å²) in [5.74, 6) is -0.453. The van der Waals surface area contributed by atoms with Crippen molar-refractivity contribution in [1.82, 2.24) is 15.5 Å². The van der Waals surface area contributed by atoms with E-state index in [2.05, 4.69) is 10.6 Å². The Morgan fingerprint density at radius 1 is 1.12 bits per heavy atom. The second-order valence-corrected chi connectivity index (χ2v) is 9.58. The van der Waals surface area contributed by atoms with Crippen LogP contribution in [0.3, 0.4) is 0 Å². The van der Waals surface area contributed by atoms with E-state index >= 15 is 0 Å². The molecule has 2 N–H and O–H groups in total. The molecular formula is C24H29N3O5. The quantitative estimate of drug-likeness (QED) is 0.687. The monoisotopic (exact) mass is 439 g/mol. The lowest BCUT2D eigenvalue weighted by molar-refractivity contribution is -0.136. The van der Waals surface area contributed by atoms with Crippen LogP contribution in [0.5, 0.6) is 0 Å². The van der Waals surface area contributed by atoms with Gasteiger partial charge in [0.05, 0.1) is 12.1 Å². The molecule has 2 aliphatic heterocycles. The Morgan fingerprint density at radius 2 is 1.91 bits per heavy atom. The Morgan fingerprint density at radius 3 is 2.62 bits per heavy atom. The van der Waals surface area contributed by atoms with Crippen LogP contribution in [-0.4, -0.2) is 41.4 Å². The molecule has 2 saturated carbocycles. The van der Waals surface area contributed by atoms with E-state index in [1.165, 1.54) is 19.3 Å². The topological polar surface area (TPSA) is 105 Å². The summed E-state index contributed by atoms with van der Waals surface area (Å²) in [4.78, 5) is 50.7. The molecule has 8 heteroatoms. The number of imide groups is 1. The summed E-state index contributed by atoms with van der Waals surface area (Å²) in [5, 5.41) is 5.35. The fraction of sp³-hybridized carbons (Fsp3) is 0.583. The molecule has 32 heavy (non-hydrogen) atoms. The number of benzene rings is 1. The first kappa shape index (κ1) is 21.0. The van der Waals surface area contributed by atoms with Crippen LogP contribution >= 0.6 is 0 Å². The molecule has 1 aromatic carbocycles. The van der Waals surface area contributed by atoms with Crippen molar-refractivity contribution in [2.45, 2.75) is 75.9 Å². The largest absolute Gasteiger partial charge is 0.449 e. The number of carbonyl (C=O) groups is 4. The van der Waals surface area contributed by atoms with E-state index in [1.54, 1.807) is 4.90 Å². The van der Waals surface area contributed by atoms with E-state index in [0.29, 0.717) is 31.1 Å². The normalized spacial score (nSPS) is 24.7. The van der Waals surface area contributed by atoms with Gasteiger partial charge in [-0.3, -0.25) is 19.7 Å². The summed E-state index contributed by atoms with van der Waals surface area (Å²) in [6.45, 7) is 0.816. The van der Waals surface area contributed by atoms with Crippen molar-refractivity contribution in [2.75, 3.05) is 6.61 Å². The number of alkyl carbamates (subject to hydrolysis) is 1. The number of nitrogens with one attached hydrogen (secondary N) is 2. The van der Waals surface area contributed by atoms with E-state index in [9.17, 15) is 19.2 Å². The zero-order chi connectivity index (χ0) is 22.3. The Labute approximate surface area is 187 Å². The van der Waals surface area contributed by atoms with E-state index < -0.39 is 23.6 Å². The lowest BCUT2D eigenvalue weighted by Crippen LogP contribution is -2.52. The van der Waals surface area contributed by atoms with Gasteiger partial charge in [0.2, 0.25) is 11.8 Å². The molecular weight excluding hydrogens is 410 g/mol. The minimum Gasteiger partial charge on any atom is -0.449 e. The van der Waals surface area contributed by atoms with Crippen molar-refractivity contribution in [3.63, 3.8) is 0 Å². The van der Waals surface area contributed by atoms with Crippen LogP contribution in [0, 0.1) is 5.92 Å². The van der Waals surface area contributed by atoms with E-state index in [1.807, 2.05) is 18.2 Å². The second kappa shape index (κ2) is 8.22. The SMILES string of the molecule is O=C1CCC(N2Cc3ccc(C4(NC(=O)OCC5CCCCC5)CC4)cc3C2=O)C(=O)N1. The molecule has 4 aliphatic rings. The number of nitrogens with zero attached hydrogens (tertiary/aromatic N) is 1. The van der Waals surface area contributed by atoms with Gasteiger partial charge in [-0.1, -0.05) is 31.4 Å². The number of hydrogen-bond acceptors (Lipinski definition) is 5. The molecule has 0 bridgehead atoms. The standard InChI is InChI=1S/C24H29N3O5/c28-20-9-8-19(21(29)25-20)27-13-16-6-7-17(12-18(16)22(27)30)24(10-11-24)26-23(31)32-14-15-4-2-1-3-5-15/h6-7,12,15,19H,1-5,8-11,13-14H2,(H,26,31)(H,25,28,29). The molecule has 5 rings (SSSR count). The van der Waals surface area contributed by atoms with Gasteiger partial charge in [0.15, 0.2) is 0 Å². The minimum atomic E-state index is -0.626. The van der Waals surface area contributed by atoms with Gasteiger partial charge in [-0.15, -0.1) is 0 Å². The van der Waals surface area contributed by atoms with Gasteiger partial charge in [0.25, 0.3) is 5.91 Å². The van der Waals surface area contributed by atoms with Crippen molar-refractivity contribution < 1.29 is 23.9 Å². The number of amides is 4. The molecule has 8 nitrogen and oxygen atoms in total. The van der Waals surface area contributed by atoms with Crippen LogP contribution in [-0.2, 0) is 26.4 Å². The maximum atomic E-state index is 13.1. The van der Waals surface area contributed by atoms with E-state index in [4.69, 9.17) is 4.74 Å². The number of ether oxygens (including phenoxy) is 1. The molecule has 2 heterocycles. The van der Waals surface area contributed by atoms with Crippen molar-refractivity contribution in [1.29, 1.82) is 0 Å². The molecule has 1 unspecified atom stereocenters. The van der Waals surface area contributed by atoms with Crippen LogP contribution in [0.15, 0.2) is 18.2 Å². The first-order valence-corrected chi connectivity index (χ1v) is 11.7. The van der Waals surface area contributed by atoms with E-state index in [-0.39, 0.29) is 18.2 Å². The zero-order valence-electron chi connectivity index (χ0n) is 18.2. The van der Waals surface area contributed by atoms with Crippen LogP contribution < -0.4 is 10.6 Å². The Balaban J connectivity index is 1.24. The van der Waals surface area contributed by atoms with Gasteiger partial charge in [-0.25, -0.2) is 4.79 Å². The van der Waals surface area contributed by atoms with Crippen LogP contribution in [0.25, 0.3) is 0 Å². The van der Waals surface area contributed by atoms with Gasteiger partial charge in [0.1, 0.15) is 6.04 Å². The summed E-state index contributed by atoms with van der Waals surface area (Å²) < 4.78 is 5.51. The number of hydrogen-bond donors (Lipinski definition) is 2. The second-order valence-electron chi connectivity index (χ2n) is 9.58. The predicted molar refractivity (Wildman–Crippen MR) is 114 cm³/mol. The Kier molecular flexibility index (Phi) is 5.39. The minimum absolute atomic E-state index is 0.202. The summed E-state index contributed by atoms with van der Waals surface area (Å²) >= 11 is 0. The molecule has 1 aromatic rings. The highest BCUT2D eigenvalue weighted by atomic mass is 16.5. The van der Waals surface area contributed by atoms with Crippen LogP contribution in [0.2, 0.25) is 0 Å². The molecule has 0 aromatic heterocycles. The Hall–Kier alpha value is -2.90. The third-order valence-corrected chi connectivity index (χ3v) is 7.35. The first-order chi connectivity index (χ1) is 15.4. The fourth-order valence-corrected chi connectivity index (χ4v) is 5.24. The van der Waals surface area contributed by atoms with Gasteiger partial charge >= 0.3 is 6.09 Å².